The minimum Gasteiger partial charge on any atom is -0.359 e. The highest BCUT2D eigenvalue weighted by Gasteiger charge is 2.13. The Balaban J connectivity index is 1.90. The van der Waals surface area contributed by atoms with Gasteiger partial charge in [-0.15, -0.1) is 0 Å². The molecule has 0 aliphatic carbocycles. The monoisotopic (exact) mass is 207 g/mol. The molecule has 82 valence electrons. The quantitative estimate of drug-likeness (QED) is 0.576. The van der Waals surface area contributed by atoms with E-state index in [1.54, 1.807) is 0 Å². The molecule has 4 nitrogen and oxygen atoms in total. The highest BCUT2D eigenvalue weighted by molar-refractivity contribution is 5.45. The second kappa shape index (κ2) is 4.96. The summed E-state index contributed by atoms with van der Waals surface area (Å²) in [4.78, 5) is 10.1. The third kappa shape index (κ3) is 2.37. The van der Waals surface area contributed by atoms with E-state index in [2.05, 4.69) is 15.1 Å². The fourth-order valence-electron chi connectivity index (χ4n) is 2.13. The summed E-state index contributed by atoms with van der Waals surface area (Å²) in [6.07, 6.45) is 8.46. The molecule has 0 atom stereocenters. The first-order chi connectivity index (χ1) is 7.42. The molecule has 1 aliphatic heterocycles. The van der Waals surface area contributed by atoms with Gasteiger partial charge in [-0.25, -0.2) is 0 Å². The van der Waals surface area contributed by atoms with Crippen LogP contribution in [0.15, 0.2) is 6.20 Å². The van der Waals surface area contributed by atoms with E-state index in [1.807, 2.05) is 6.20 Å². The third-order valence-electron chi connectivity index (χ3n) is 2.92. The van der Waals surface area contributed by atoms with Crippen molar-refractivity contribution in [3.8, 4) is 0 Å². The first kappa shape index (κ1) is 10.2. The average molecular weight is 207 g/mol. The zero-order valence-electron chi connectivity index (χ0n) is 8.91. The maximum absolute atomic E-state index is 10.1. The second-order valence-corrected chi connectivity index (χ2v) is 3.97. The van der Waals surface area contributed by atoms with Crippen molar-refractivity contribution < 1.29 is 4.79 Å². The SMILES string of the molecule is O=CNCCCc1cnn2c1CCCC2. The zero-order chi connectivity index (χ0) is 10.5. The minimum atomic E-state index is 0.757. The number of hydrogen-bond acceptors (Lipinski definition) is 2. The lowest BCUT2D eigenvalue weighted by Gasteiger charge is -2.14. The Labute approximate surface area is 89.7 Å². The number of hydrogen-bond donors (Lipinski definition) is 1. The van der Waals surface area contributed by atoms with Gasteiger partial charge in [0.2, 0.25) is 6.41 Å². The molecule has 1 aromatic heterocycles. The van der Waals surface area contributed by atoms with Crippen molar-refractivity contribution in [2.75, 3.05) is 6.54 Å². The first-order valence-corrected chi connectivity index (χ1v) is 5.62. The van der Waals surface area contributed by atoms with Crippen LogP contribution in [0, 0.1) is 0 Å². The van der Waals surface area contributed by atoms with Crippen LogP contribution in [-0.4, -0.2) is 22.7 Å². The van der Waals surface area contributed by atoms with Gasteiger partial charge < -0.3 is 5.32 Å². The molecule has 0 saturated heterocycles. The van der Waals surface area contributed by atoms with Crippen molar-refractivity contribution in [2.24, 2.45) is 0 Å². The van der Waals surface area contributed by atoms with Gasteiger partial charge in [-0.1, -0.05) is 0 Å². The summed E-state index contributed by atoms with van der Waals surface area (Å²) in [7, 11) is 0. The number of aryl methyl sites for hydroxylation is 2. The van der Waals surface area contributed by atoms with E-state index in [0.29, 0.717) is 0 Å². The maximum Gasteiger partial charge on any atom is 0.207 e. The first-order valence-electron chi connectivity index (χ1n) is 5.62. The fraction of sp³-hybridized carbons (Fsp3) is 0.636. The number of nitrogens with zero attached hydrogens (tertiary/aromatic N) is 2. The largest absolute Gasteiger partial charge is 0.359 e. The molecular formula is C11H17N3O. The zero-order valence-corrected chi connectivity index (χ0v) is 8.91. The number of amides is 1. The standard InChI is InChI=1S/C11H17N3O/c15-9-12-6-3-4-10-8-13-14-7-2-1-5-11(10)14/h8-9H,1-7H2,(H,12,15). The topological polar surface area (TPSA) is 46.9 Å². The number of rotatable bonds is 5. The van der Waals surface area contributed by atoms with Crippen molar-refractivity contribution in [3.63, 3.8) is 0 Å². The van der Waals surface area contributed by atoms with Crippen LogP contribution < -0.4 is 5.32 Å². The molecule has 0 bridgehead atoms. The van der Waals surface area contributed by atoms with Crippen LogP contribution in [0.2, 0.25) is 0 Å². The van der Waals surface area contributed by atoms with Crippen LogP contribution in [0.25, 0.3) is 0 Å². The number of fused-ring (bicyclic) bond motifs is 1. The smallest absolute Gasteiger partial charge is 0.207 e. The van der Waals surface area contributed by atoms with Crippen molar-refractivity contribution in [3.05, 3.63) is 17.5 Å². The lowest BCUT2D eigenvalue weighted by atomic mass is 10.0. The average Bonchev–Trinajstić information content (AvgIpc) is 2.68. The van der Waals surface area contributed by atoms with Crippen LogP contribution >= 0.6 is 0 Å². The Morgan fingerprint density at radius 3 is 3.33 bits per heavy atom. The molecule has 2 rings (SSSR count). The second-order valence-electron chi connectivity index (χ2n) is 3.97. The molecule has 1 amide bonds. The Kier molecular flexibility index (Phi) is 3.37. The van der Waals surface area contributed by atoms with Gasteiger partial charge in [-0.3, -0.25) is 9.48 Å². The van der Waals surface area contributed by atoms with Gasteiger partial charge in [0.1, 0.15) is 0 Å². The van der Waals surface area contributed by atoms with E-state index in [-0.39, 0.29) is 0 Å². The Bertz CT molecular complexity index is 333. The summed E-state index contributed by atoms with van der Waals surface area (Å²) in [5.74, 6) is 0. The summed E-state index contributed by atoms with van der Waals surface area (Å²) < 4.78 is 2.13. The van der Waals surface area contributed by atoms with Gasteiger partial charge in [0.05, 0.1) is 6.20 Å². The summed E-state index contributed by atoms with van der Waals surface area (Å²) in [6, 6.07) is 0. The number of aromatic nitrogens is 2. The van der Waals surface area contributed by atoms with Crippen molar-refractivity contribution >= 4 is 6.41 Å². The van der Waals surface area contributed by atoms with Gasteiger partial charge in [-0.05, 0) is 37.7 Å². The van der Waals surface area contributed by atoms with Crippen LogP contribution in [0.5, 0.6) is 0 Å². The summed E-state index contributed by atoms with van der Waals surface area (Å²) >= 11 is 0. The van der Waals surface area contributed by atoms with E-state index >= 15 is 0 Å². The van der Waals surface area contributed by atoms with Crippen LogP contribution in [0.1, 0.15) is 30.5 Å². The molecular weight excluding hydrogens is 190 g/mol. The number of carbonyl (C=O) groups is 1. The Morgan fingerprint density at radius 1 is 1.53 bits per heavy atom. The Morgan fingerprint density at radius 2 is 2.47 bits per heavy atom. The van der Waals surface area contributed by atoms with Gasteiger partial charge >= 0.3 is 0 Å². The van der Waals surface area contributed by atoms with E-state index in [1.165, 1.54) is 24.1 Å². The summed E-state index contributed by atoms with van der Waals surface area (Å²) in [5, 5.41) is 7.07. The molecule has 0 spiro atoms. The summed E-state index contributed by atoms with van der Waals surface area (Å²) in [6.45, 7) is 1.83. The third-order valence-corrected chi connectivity index (χ3v) is 2.92. The van der Waals surface area contributed by atoms with Crippen LogP contribution in [-0.2, 0) is 24.2 Å². The molecule has 0 radical (unpaired) electrons. The van der Waals surface area contributed by atoms with E-state index in [0.717, 1.165) is 38.8 Å². The van der Waals surface area contributed by atoms with Gasteiger partial charge in [0, 0.05) is 18.8 Å². The predicted molar refractivity (Wildman–Crippen MR) is 57.6 cm³/mol. The minimum absolute atomic E-state index is 0.757. The molecule has 2 heterocycles. The van der Waals surface area contributed by atoms with Crippen LogP contribution in [0.3, 0.4) is 0 Å². The molecule has 0 unspecified atom stereocenters. The molecule has 0 aromatic carbocycles. The van der Waals surface area contributed by atoms with Gasteiger partial charge in [0.15, 0.2) is 0 Å². The normalized spacial score (nSPS) is 14.7. The molecule has 1 aliphatic rings. The lowest BCUT2D eigenvalue weighted by Crippen LogP contribution is -2.14. The summed E-state index contributed by atoms with van der Waals surface area (Å²) in [5.41, 5.74) is 2.77. The van der Waals surface area contributed by atoms with Crippen LogP contribution in [0.4, 0.5) is 0 Å². The lowest BCUT2D eigenvalue weighted by molar-refractivity contribution is -0.109. The van der Waals surface area contributed by atoms with Crippen molar-refractivity contribution in [1.29, 1.82) is 0 Å². The Hall–Kier alpha value is -1.32. The molecule has 0 saturated carbocycles. The van der Waals surface area contributed by atoms with Crippen molar-refractivity contribution in [2.45, 2.75) is 38.6 Å². The molecule has 15 heavy (non-hydrogen) atoms. The predicted octanol–water partition coefficient (Wildman–Crippen LogP) is 0.898. The maximum atomic E-state index is 10.1. The van der Waals surface area contributed by atoms with Gasteiger partial charge in [-0.2, -0.15) is 5.10 Å². The van der Waals surface area contributed by atoms with E-state index < -0.39 is 0 Å². The molecule has 1 aromatic rings. The molecule has 0 fully saturated rings. The van der Waals surface area contributed by atoms with Crippen molar-refractivity contribution in [1.82, 2.24) is 15.1 Å². The highest BCUT2D eigenvalue weighted by Crippen LogP contribution is 2.18. The molecule has 1 N–H and O–H groups in total. The van der Waals surface area contributed by atoms with E-state index in [9.17, 15) is 4.79 Å². The highest BCUT2D eigenvalue weighted by atomic mass is 16.1. The van der Waals surface area contributed by atoms with E-state index in [4.69, 9.17) is 0 Å². The van der Waals surface area contributed by atoms with Gasteiger partial charge in [0.25, 0.3) is 0 Å². The fourth-order valence-corrected chi connectivity index (χ4v) is 2.13. The number of carbonyl (C=O) groups excluding carboxylic acids is 1. The molecule has 4 heteroatoms. The number of nitrogens with one attached hydrogen (secondary N) is 1.